The summed E-state index contributed by atoms with van der Waals surface area (Å²) in [6, 6.07) is 7.91. The summed E-state index contributed by atoms with van der Waals surface area (Å²) in [6.07, 6.45) is 0.809. The van der Waals surface area contributed by atoms with Crippen LogP contribution in [0.1, 0.15) is 6.42 Å². The number of fused-ring (bicyclic) bond motifs is 1. The van der Waals surface area contributed by atoms with E-state index in [2.05, 4.69) is 20.8 Å². The zero-order chi connectivity index (χ0) is 14.7. The maximum absolute atomic E-state index is 12.1. The second kappa shape index (κ2) is 6.67. The maximum atomic E-state index is 12.1. The van der Waals surface area contributed by atoms with E-state index < -0.39 is 0 Å². The van der Waals surface area contributed by atoms with Gasteiger partial charge in [-0.15, -0.1) is 22.0 Å². The number of benzene rings is 1. The fraction of sp³-hybridized carbons (Fsp3) is 0.308. The first-order valence-electron chi connectivity index (χ1n) is 6.47. The molecular formula is C13H14N4OS3. The van der Waals surface area contributed by atoms with Crippen LogP contribution in [-0.4, -0.2) is 34.2 Å². The van der Waals surface area contributed by atoms with Gasteiger partial charge < -0.3 is 10.6 Å². The van der Waals surface area contributed by atoms with Crippen LogP contribution in [0.2, 0.25) is 0 Å². The van der Waals surface area contributed by atoms with Crippen LogP contribution in [0.5, 0.6) is 0 Å². The average molecular weight is 338 g/mol. The number of thioether (sulfide) groups is 2. The number of amides is 1. The van der Waals surface area contributed by atoms with Crippen molar-refractivity contribution in [1.29, 1.82) is 0 Å². The largest absolute Gasteiger partial charge is 0.363 e. The zero-order valence-corrected chi connectivity index (χ0v) is 13.8. The number of aromatic nitrogens is 2. The molecule has 1 aromatic carbocycles. The molecule has 0 fully saturated rings. The molecule has 1 amide bonds. The van der Waals surface area contributed by atoms with Crippen molar-refractivity contribution >= 4 is 51.6 Å². The van der Waals surface area contributed by atoms with Crippen molar-refractivity contribution in [1.82, 2.24) is 10.2 Å². The molecule has 0 spiro atoms. The molecule has 1 atom stereocenters. The summed E-state index contributed by atoms with van der Waals surface area (Å²) >= 11 is 4.82. The van der Waals surface area contributed by atoms with Crippen molar-refractivity contribution in [3.8, 4) is 0 Å². The number of para-hydroxylation sites is 1. The topological polar surface area (TPSA) is 66.9 Å². The van der Waals surface area contributed by atoms with Gasteiger partial charge in [-0.1, -0.05) is 35.2 Å². The minimum atomic E-state index is -0.0379. The lowest BCUT2D eigenvalue weighted by Crippen LogP contribution is -2.29. The van der Waals surface area contributed by atoms with Gasteiger partial charge in [-0.25, -0.2) is 0 Å². The van der Waals surface area contributed by atoms with E-state index in [0.29, 0.717) is 0 Å². The van der Waals surface area contributed by atoms with E-state index in [1.165, 1.54) is 11.3 Å². The van der Waals surface area contributed by atoms with Crippen molar-refractivity contribution < 1.29 is 4.79 Å². The molecule has 2 heterocycles. The van der Waals surface area contributed by atoms with E-state index in [0.717, 1.165) is 32.2 Å². The normalized spacial score (nSPS) is 17.2. The molecule has 5 nitrogen and oxygen atoms in total. The molecule has 1 aliphatic rings. The van der Waals surface area contributed by atoms with E-state index in [4.69, 9.17) is 0 Å². The molecule has 21 heavy (non-hydrogen) atoms. The third kappa shape index (κ3) is 3.50. The highest BCUT2D eigenvalue weighted by molar-refractivity contribution is 8.01. The van der Waals surface area contributed by atoms with Crippen LogP contribution in [0.15, 0.2) is 33.5 Å². The summed E-state index contributed by atoms with van der Waals surface area (Å²) in [4.78, 5) is 13.2. The number of nitrogens with zero attached hydrogens (tertiary/aromatic N) is 2. The highest BCUT2D eigenvalue weighted by Gasteiger charge is 2.26. The molecular weight excluding hydrogens is 324 g/mol. The first kappa shape index (κ1) is 14.7. The Morgan fingerprint density at radius 2 is 2.24 bits per heavy atom. The zero-order valence-electron chi connectivity index (χ0n) is 11.3. The number of anilines is 2. The molecule has 0 radical (unpaired) electrons. The van der Waals surface area contributed by atoms with Gasteiger partial charge in [-0.2, -0.15) is 0 Å². The summed E-state index contributed by atoms with van der Waals surface area (Å²) in [5.41, 5.74) is 0.916. The predicted octanol–water partition coefficient (Wildman–Crippen LogP) is 3.18. The fourth-order valence-electron chi connectivity index (χ4n) is 1.91. The van der Waals surface area contributed by atoms with Crippen molar-refractivity contribution in [3.05, 3.63) is 24.3 Å². The number of carbonyl (C=O) groups excluding carboxylic acids is 1. The van der Waals surface area contributed by atoms with Crippen LogP contribution in [0, 0.1) is 0 Å². The average Bonchev–Trinajstić information content (AvgIpc) is 2.96. The van der Waals surface area contributed by atoms with Gasteiger partial charge >= 0.3 is 0 Å². The molecule has 1 aromatic heterocycles. The number of rotatable bonds is 5. The van der Waals surface area contributed by atoms with E-state index >= 15 is 0 Å². The number of hydrogen-bond acceptors (Lipinski definition) is 7. The third-order valence-corrected chi connectivity index (χ3v) is 6.38. The van der Waals surface area contributed by atoms with Gasteiger partial charge in [-0.3, -0.25) is 4.79 Å². The van der Waals surface area contributed by atoms with Crippen LogP contribution in [0.25, 0.3) is 0 Å². The second-order valence-corrected chi connectivity index (χ2v) is 7.92. The highest BCUT2D eigenvalue weighted by atomic mass is 32.2. The summed E-state index contributed by atoms with van der Waals surface area (Å²) in [7, 11) is 1.83. The molecule has 2 N–H and O–H groups in total. The van der Waals surface area contributed by atoms with Gasteiger partial charge in [0, 0.05) is 17.7 Å². The van der Waals surface area contributed by atoms with E-state index in [1.807, 2.05) is 31.3 Å². The molecule has 110 valence electrons. The van der Waals surface area contributed by atoms with Gasteiger partial charge in [0.15, 0.2) is 4.34 Å². The lowest BCUT2D eigenvalue weighted by atomic mass is 10.2. The Hall–Kier alpha value is -1.25. The smallest absolute Gasteiger partial charge is 0.237 e. The summed E-state index contributed by atoms with van der Waals surface area (Å²) < 4.78 is 0.931. The Balaban J connectivity index is 1.55. The van der Waals surface area contributed by atoms with E-state index in [9.17, 15) is 4.79 Å². The van der Waals surface area contributed by atoms with Gasteiger partial charge in [-0.05, 0) is 18.6 Å². The highest BCUT2D eigenvalue weighted by Crippen LogP contribution is 2.37. The maximum Gasteiger partial charge on any atom is 0.237 e. The van der Waals surface area contributed by atoms with E-state index in [1.54, 1.807) is 23.5 Å². The van der Waals surface area contributed by atoms with Gasteiger partial charge in [0.1, 0.15) is 0 Å². The van der Waals surface area contributed by atoms with Gasteiger partial charge in [0.2, 0.25) is 11.0 Å². The van der Waals surface area contributed by atoms with Crippen LogP contribution in [-0.2, 0) is 4.79 Å². The molecule has 2 aromatic rings. The minimum absolute atomic E-state index is 0.0379. The van der Waals surface area contributed by atoms with Gasteiger partial charge in [0.25, 0.3) is 0 Å². The molecule has 0 unspecified atom stereocenters. The lowest BCUT2D eigenvalue weighted by molar-refractivity contribution is -0.115. The van der Waals surface area contributed by atoms with E-state index in [-0.39, 0.29) is 11.2 Å². The second-order valence-electron chi connectivity index (χ2n) is 4.35. The lowest BCUT2D eigenvalue weighted by Gasteiger charge is -2.23. The van der Waals surface area contributed by atoms with Crippen molar-refractivity contribution in [3.63, 3.8) is 0 Å². The summed E-state index contributed by atoms with van der Waals surface area (Å²) in [6.45, 7) is 0. The molecule has 3 rings (SSSR count). The predicted molar refractivity (Wildman–Crippen MR) is 89.5 cm³/mol. The summed E-state index contributed by atoms with van der Waals surface area (Å²) in [5.74, 6) is 0.943. The number of hydrogen-bond donors (Lipinski definition) is 2. The summed E-state index contributed by atoms with van der Waals surface area (Å²) in [5, 5.41) is 14.8. The molecule has 1 aliphatic heterocycles. The Kier molecular flexibility index (Phi) is 4.67. The Bertz CT molecular complexity index is 646. The van der Waals surface area contributed by atoms with Crippen molar-refractivity contribution in [2.75, 3.05) is 23.4 Å². The molecule has 0 saturated heterocycles. The first-order chi connectivity index (χ1) is 10.3. The SMILES string of the molecule is CNc1nnc(SCC[C@@H]2Sc3ccccc3NC2=O)s1. The van der Waals surface area contributed by atoms with Crippen molar-refractivity contribution in [2.24, 2.45) is 0 Å². The van der Waals surface area contributed by atoms with Crippen LogP contribution in [0.4, 0.5) is 10.8 Å². The Morgan fingerprint density at radius 1 is 1.38 bits per heavy atom. The van der Waals surface area contributed by atoms with Crippen LogP contribution < -0.4 is 10.6 Å². The molecule has 0 saturated carbocycles. The Morgan fingerprint density at radius 3 is 3.05 bits per heavy atom. The molecule has 0 bridgehead atoms. The molecule has 8 heteroatoms. The standard InChI is InChI=1S/C13H14N4OS3/c1-14-12-16-17-13(21-12)19-7-6-10-11(18)15-8-4-2-3-5-9(8)20-10/h2-5,10H,6-7H2,1H3,(H,14,16)(H,15,18)/t10-/m0/s1. The Labute approximate surface area is 135 Å². The quantitative estimate of drug-likeness (QED) is 0.816. The monoisotopic (exact) mass is 338 g/mol. The molecule has 0 aliphatic carbocycles. The van der Waals surface area contributed by atoms with Gasteiger partial charge in [0.05, 0.1) is 10.9 Å². The first-order valence-corrected chi connectivity index (χ1v) is 9.15. The number of carbonyl (C=O) groups is 1. The minimum Gasteiger partial charge on any atom is -0.363 e. The third-order valence-electron chi connectivity index (χ3n) is 2.93. The number of nitrogens with one attached hydrogen (secondary N) is 2. The van der Waals surface area contributed by atoms with Crippen molar-refractivity contribution in [2.45, 2.75) is 20.9 Å². The van der Waals surface area contributed by atoms with Crippen LogP contribution in [0.3, 0.4) is 0 Å². The fourth-order valence-corrected chi connectivity index (χ4v) is 4.95. The van der Waals surface area contributed by atoms with Crippen LogP contribution >= 0.6 is 34.9 Å².